The Labute approximate surface area is 98.2 Å². The van der Waals surface area contributed by atoms with Crippen molar-refractivity contribution in [2.45, 2.75) is 58.0 Å². The van der Waals surface area contributed by atoms with Crippen molar-refractivity contribution in [3.8, 4) is 0 Å². The Morgan fingerprint density at radius 1 is 1.38 bits per heavy atom. The van der Waals surface area contributed by atoms with Crippen molar-refractivity contribution >= 4 is 0 Å². The first kappa shape index (κ1) is 11.6. The standard InChI is InChI=1S/C13H23N3/c1-10(13-9-14-16(3)11(13)2)15-12-7-5-4-6-8-12/h9-10,12,15H,4-8H2,1-3H3. The minimum Gasteiger partial charge on any atom is -0.307 e. The molecule has 1 N–H and O–H groups in total. The van der Waals surface area contributed by atoms with E-state index in [4.69, 9.17) is 0 Å². The van der Waals surface area contributed by atoms with Crippen LogP contribution in [0.5, 0.6) is 0 Å². The van der Waals surface area contributed by atoms with Crippen molar-refractivity contribution < 1.29 is 0 Å². The van der Waals surface area contributed by atoms with Crippen LogP contribution in [0.4, 0.5) is 0 Å². The highest BCUT2D eigenvalue weighted by molar-refractivity contribution is 5.19. The van der Waals surface area contributed by atoms with E-state index in [0.717, 1.165) is 0 Å². The number of nitrogens with one attached hydrogen (secondary N) is 1. The summed E-state index contributed by atoms with van der Waals surface area (Å²) >= 11 is 0. The molecule has 1 aliphatic carbocycles. The Morgan fingerprint density at radius 3 is 2.62 bits per heavy atom. The summed E-state index contributed by atoms with van der Waals surface area (Å²) in [6.45, 7) is 4.39. The zero-order valence-corrected chi connectivity index (χ0v) is 10.7. The van der Waals surface area contributed by atoms with Crippen LogP contribution in [0.1, 0.15) is 56.3 Å². The van der Waals surface area contributed by atoms with E-state index in [1.807, 2.05) is 17.9 Å². The van der Waals surface area contributed by atoms with Crippen LogP contribution in [-0.4, -0.2) is 15.8 Å². The molecule has 1 heterocycles. The molecule has 1 atom stereocenters. The van der Waals surface area contributed by atoms with E-state index in [1.54, 1.807) is 0 Å². The Morgan fingerprint density at radius 2 is 2.06 bits per heavy atom. The van der Waals surface area contributed by atoms with Gasteiger partial charge in [-0.1, -0.05) is 19.3 Å². The van der Waals surface area contributed by atoms with Gasteiger partial charge in [-0.3, -0.25) is 4.68 Å². The van der Waals surface area contributed by atoms with Gasteiger partial charge in [0.15, 0.2) is 0 Å². The van der Waals surface area contributed by atoms with Crippen molar-refractivity contribution in [2.24, 2.45) is 7.05 Å². The van der Waals surface area contributed by atoms with E-state index < -0.39 is 0 Å². The SMILES string of the molecule is Cc1c(C(C)NC2CCCCC2)cnn1C. The van der Waals surface area contributed by atoms with E-state index in [9.17, 15) is 0 Å². The van der Waals surface area contributed by atoms with Gasteiger partial charge in [0, 0.05) is 30.4 Å². The molecule has 0 saturated heterocycles. The van der Waals surface area contributed by atoms with Gasteiger partial charge in [0.05, 0.1) is 6.20 Å². The second-order valence-electron chi connectivity index (χ2n) is 5.03. The monoisotopic (exact) mass is 221 g/mol. The quantitative estimate of drug-likeness (QED) is 0.850. The average molecular weight is 221 g/mol. The van der Waals surface area contributed by atoms with E-state index in [2.05, 4.69) is 24.3 Å². The first-order chi connectivity index (χ1) is 7.68. The average Bonchev–Trinajstić information content (AvgIpc) is 2.61. The maximum Gasteiger partial charge on any atom is 0.0540 e. The highest BCUT2D eigenvalue weighted by Crippen LogP contribution is 2.22. The molecule has 1 aromatic heterocycles. The Hall–Kier alpha value is -0.830. The van der Waals surface area contributed by atoms with Crippen molar-refractivity contribution in [3.05, 3.63) is 17.5 Å². The van der Waals surface area contributed by atoms with Crippen LogP contribution < -0.4 is 5.32 Å². The minimum atomic E-state index is 0.428. The second kappa shape index (κ2) is 5.00. The fourth-order valence-electron chi connectivity index (χ4n) is 2.65. The van der Waals surface area contributed by atoms with Crippen LogP contribution in [0, 0.1) is 6.92 Å². The normalized spacial score (nSPS) is 19.9. The van der Waals surface area contributed by atoms with Gasteiger partial charge in [-0.05, 0) is 26.7 Å². The summed E-state index contributed by atoms with van der Waals surface area (Å²) in [5, 5.41) is 8.04. The maximum atomic E-state index is 4.31. The number of aromatic nitrogens is 2. The molecule has 0 aliphatic heterocycles. The Balaban J connectivity index is 1.96. The van der Waals surface area contributed by atoms with Gasteiger partial charge >= 0.3 is 0 Å². The largest absolute Gasteiger partial charge is 0.307 e. The van der Waals surface area contributed by atoms with Crippen molar-refractivity contribution in [1.29, 1.82) is 0 Å². The second-order valence-corrected chi connectivity index (χ2v) is 5.03. The lowest BCUT2D eigenvalue weighted by Crippen LogP contribution is -2.33. The minimum absolute atomic E-state index is 0.428. The summed E-state index contributed by atoms with van der Waals surface area (Å²) in [6.07, 6.45) is 8.86. The van der Waals surface area contributed by atoms with E-state index in [0.29, 0.717) is 12.1 Å². The molecular formula is C13H23N3. The van der Waals surface area contributed by atoms with Gasteiger partial charge in [0.1, 0.15) is 0 Å². The third-order valence-corrected chi connectivity index (χ3v) is 3.83. The fraction of sp³-hybridized carbons (Fsp3) is 0.769. The molecule has 3 heteroatoms. The summed E-state index contributed by atoms with van der Waals surface area (Å²) < 4.78 is 1.95. The lowest BCUT2D eigenvalue weighted by atomic mass is 9.94. The van der Waals surface area contributed by atoms with Crippen LogP contribution in [0.3, 0.4) is 0 Å². The number of hydrogen-bond donors (Lipinski definition) is 1. The number of aryl methyl sites for hydroxylation is 1. The first-order valence-electron chi connectivity index (χ1n) is 6.43. The van der Waals surface area contributed by atoms with Crippen LogP contribution >= 0.6 is 0 Å². The smallest absolute Gasteiger partial charge is 0.0540 e. The highest BCUT2D eigenvalue weighted by Gasteiger charge is 2.18. The number of hydrogen-bond acceptors (Lipinski definition) is 2. The van der Waals surface area contributed by atoms with Gasteiger partial charge in [-0.2, -0.15) is 5.10 Å². The molecule has 3 nitrogen and oxygen atoms in total. The predicted molar refractivity (Wildman–Crippen MR) is 66.4 cm³/mol. The third kappa shape index (κ3) is 2.46. The molecule has 90 valence electrons. The summed E-state index contributed by atoms with van der Waals surface area (Å²) in [7, 11) is 2.01. The first-order valence-corrected chi connectivity index (χ1v) is 6.43. The molecule has 0 radical (unpaired) electrons. The van der Waals surface area contributed by atoms with Crippen LogP contribution in [0.2, 0.25) is 0 Å². The molecule has 1 fully saturated rings. The molecule has 1 saturated carbocycles. The van der Waals surface area contributed by atoms with Crippen LogP contribution in [-0.2, 0) is 7.05 Å². The number of nitrogens with zero attached hydrogens (tertiary/aromatic N) is 2. The van der Waals surface area contributed by atoms with E-state index in [1.165, 1.54) is 43.4 Å². The molecule has 16 heavy (non-hydrogen) atoms. The summed E-state index contributed by atoms with van der Waals surface area (Å²) in [4.78, 5) is 0. The maximum absolute atomic E-state index is 4.31. The molecule has 0 aromatic carbocycles. The van der Waals surface area contributed by atoms with Gasteiger partial charge in [0.25, 0.3) is 0 Å². The van der Waals surface area contributed by atoms with Crippen molar-refractivity contribution in [1.82, 2.24) is 15.1 Å². The molecule has 0 bridgehead atoms. The Bertz CT molecular complexity index is 337. The highest BCUT2D eigenvalue weighted by atomic mass is 15.3. The molecule has 0 spiro atoms. The van der Waals surface area contributed by atoms with Crippen LogP contribution in [0.15, 0.2) is 6.20 Å². The summed E-state index contributed by atoms with van der Waals surface area (Å²) in [6, 6.07) is 1.14. The Kier molecular flexibility index (Phi) is 3.64. The summed E-state index contributed by atoms with van der Waals surface area (Å²) in [5.74, 6) is 0. The third-order valence-electron chi connectivity index (χ3n) is 3.83. The molecule has 1 aliphatic rings. The number of rotatable bonds is 3. The van der Waals surface area contributed by atoms with E-state index >= 15 is 0 Å². The van der Waals surface area contributed by atoms with Crippen molar-refractivity contribution in [2.75, 3.05) is 0 Å². The molecule has 2 rings (SSSR count). The lowest BCUT2D eigenvalue weighted by Gasteiger charge is -2.26. The molecular weight excluding hydrogens is 198 g/mol. The predicted octanol–water partition coefficient (Wildman–Crippen LogP) is 2.71. The lowest BCUT2D eigenvalue weighted by molar-refractivity contribution is 0.346. The van der Waals surface area contributed by atoms with Gasteiger partial charge in [-0.25, -0.2) is 0 Å². The zero-order valence-electron chi connectivity index (χ0n) is 10.7. The van der Waals surface area contributed by atoms with Crippen LogP contribution in [0.25, 0.3) is 0 Å². The van der Waals surface area contributed by atoms with E-state index in [-0.39, 0.29) is 0 Å². The molecule has 0 amide bonds. The van der Waals surface area contributed by atoms with Gasteiger partial charge in [-0.15, -0.1) is 0 Å². The zero-order chi connectivity index (χ0) is 11.5. The van der Waals surface area contributed by atoms with Gasteiger partial charge < -0.3 is 5.32 Å². The topological polar surface area (TPSA) is 29.9 Å². The molecule has 1 unspecified atom stereocenters. The molecule has 1 aromatic rings. The fourth-order valence-corrected chi connectivity index (χ4v) is 2.65. The van der Waals surface area contributed by atoms with Crippen molar-refractivity contribution in [3.63, 3.8) is 0 Å². The summed E-state index contributed by atoms with van der Waals surface area (Å²) in [5.41, 5.74) is 2.61. The van der Waals surface area contributed by atoms with Gasteiger partial charge in [0.2, 0.25) is 0 Å².